The SMILES string of the molecule is COc1c(C(C)C)cc(C(CC(=O)O)Cc2cc(OCCc3ccc4c(n3)NCCC4)n(C)n2)cc1C(C)C. The lowest BCUT2D eigenvalue weighted by Gasteiger charge is -2.23. The largest absolute Gasteiger partial charge is 0.496 e. The molecule has 0 fully saturated rings. The number of anilines is 1. The van der Waals surface area contributed by atoms with Gasteiger partial charge in [0.15, 0.2) is 0 Å². The van der Waals surface area contributed by atoms with Crippen molar-refractivity contribution < 1.29 is 19.4 Å². The Balaban J connectivity index is 1.50. The van der Waals surface area contributed by atoms with Gasteiger partial charge in [-0.05, 0) is 65.3 Å². The Hall–Kier alpha value is -3.55. The molecule has 2 N–H and O–H groups in total. The van der Waals surface area contributed by atoms with E-state index in [-0.39, 0.29) is 24.2 Å². The van der Waals surface area contributed by atoms with Gasteiger partial charge in [-0.1, -0.05) is 45.9 Å². The van der Waals surface area contributed by atoms with E-state index in [1.54, 1.807) is 11.8 Å². The highest BCUT2D eigenvalue weighted by atomic mass is 16.5. The summed E-state index contributed by atoms with van der Waals surface area (Å²) >= 11 is 0. The minimum atomic E-state index is -0.826. The van der Waals surface area contributed by atoms with E-state index in [1.165, 1.54) is 5.56 Å². The number of aliphatic carboxylic acids is 1. The number of carboxylic acids is 1. The van der Waals surface area contributed by atoms with Crippen LogP contribution in [0, 0.1) is 0 Å². The molecule has 4 rings (SSSR count). The Morgan fingerprint density at radius 2 is 1.82 bits per heavy atom. The summed E-state index contributed by atoms with van der Waals surface area (Å²) in [7, 11) is 3.56. The van der Waals surface area contributed by atoms with E-state index in [2.05, 4.69) is 62.4 Å². The molecule has 1 aromatic carbocycles. The van der Waals surface area contributed by atoms with Crippen LogP contribution in [0.1, 0.15) is 91.9 Å². The number of ether oxygens (including phenoxy) is 2. The maximum absolute atomic E-state index is 11.9. The number of rotatable bonds is 12. The number of carbonyl (C=O) groups is 1. The first-order chi connectivity index (χ1) is 18.7. The molecule has 0 bridgehead atoms. The second-order valence-electron chi connectivity index (χ2n) is 11.1. The van der Waals surface area contributed by atoms with Crippen LogP contribution in [-0.2, 0) is 31.1 Å². The third kappa shape index (κ3) is 6.91. The van der Waals surface area contributed by atoms with Crippen molar-refractivity contribution in [3.05, 3.63) is 64.0 Å². The van der Waals surface area contributed by atoms with Crippen molar-refractivity contribution >= 4 is 11.8 Å². The van der Waals surface area contributed by atoms with Gasteiger partial charge < -0.3 is 19.9 Å². The number of aromatic nitrogens is 3. The molecule has 8 heteroatoms. The highest BCUT2D eigenvalue weighted by Crippen LogP contribution is 2.39. The van der Waals surface area contributed by atoms with E-state index in [9.17, 15) is 9.90 Å². The van der Waals surface area contributed by atoms with Crippen molar-refractivity contribution in [3.8, 4) is 11.6 Å². The van der Waals surface area contributed by atoms with E-state index < -0.39 is 5.97 Å². The van der Waals surface area contributed by atoms with Gasteiger partial charge in [-0.25, -0.2) is 9.67 Å². The second-order valence-corrected chi connectivity index (χ2v) is 11.1. The molecule has 1 aliphatic rings. The number of aryl methyl sites for hydroxylation is 2. The minimum absolute atomic E-state index is 0.0200. The van der Waals surface area contributed by atoms with Crippen molar-refractivity contribution in [3.63, 3.8) is 0 Å². The Bertz CT molecular complexity index is 1270. The molecular weight excluding hydrogens is 492 g/mol. The van der Waals surface area contributed by atoms with Gasteiger partial charge in [-0.3, -0.25) is 4.79 Å². The predicted octanol–water partition coefficient (Wildman–Crippen LogP) is 5.85. The van der Waals surface area contributed by atoms with Gasteiger partial charge in [-0.15, -0.1) is 0 Å². The Morgan fingerprint density at radius 3 is 2.46 bits per heavy atom. The Labute approximate surface area is 231 Å². The zero-order valence-electron chi connectivity index (χ0n) is 24.1. The normalized spacial score (nSPS) is 13.7. The van der Waals surface area contributed by atoms with Crippen LogP contribution < -0.4 is 14.8 Å². The van der Waals surface area contributed by atoms with Gasteiger partial charge in [0, 0.05) is 31.8 Å². The molecule has 0 aliphatic carbocycles. The van der Waals surface area contributed by atoms with Gasteiger partial charge >= 0.3 is 5.97 Å². The summed E-state index contributed by atoms with van der Waals surface area (Å²) in [5.74, 6) is 2.00. The number of hydrogen-bond donors (Lipinski definition) is 2. The molecule has 1 aliphatic heterocycles. The van der Waals surface area contributed by atoms with Gasteiger partial charge in [0.25, 0.3) is 0 Å². The smallest absolute Gasteiger partial charge is 0.303 e. The van der Waals surface area contributed by atoms with Gasteiger partial charge in [0.2, 0.25) is 5.88 Å². The lowest BCUT2D eigenvalue weighted by atomic mass is 9.84. The van der Waals surface area contributed by atoms with Crippen LogP contribution in [-0.4, -0.2) is 46.1 Å². The molecule has 2 aromatic heterocycles. The Kier molecular flexibility index (Phi) is 9.15. The van der Waals surface area contributed by atoms with Crippen molar-refractivity contribution in [2.75, 3.05) is 25.6 Å². The lowest BCUT2D eigenvalue weighted by molar-refractivity contribution is -0.137. The first kappa shape index (κ1) is 28.5. The van der Waals surface area contributed by atoms with Crippen molar-refractivity contribution in [2.24, 2.45) is 7.05 Å². The Morgan fingerprint density at radius 1 is 1.10 bits per heavy atom. The first-order valence-corrected chi connectivity index (χ1v) is 14.0. The van der Waals surface area contributed by atoms with Crippen molar-refractivity contribution in [2.45, 2.75) is 77.6 Å². The van der Waals surface area contributed by atoms with Crippen LogP contribution in [0.3, 0.4) is 0 Å². The summed E-state index contributed by atoms with van der Waals surface area (Å²) in [6.45, 7) is 9.99. The topological polar surface area (TPSA) is 98.5 Å². The molecule has 0 amide bonds. The molecule has 8 nitrogen and oxygen atoms in total. The summed E-state index contributed by atoms with van der Waals surface area (Å²) < 4.78 is 13.6. The summed E-state index contributed by atoms with van der Waals surface area (Å²) in [6.07, 6.45) is 3.43. The average Bonchev–Trinajstić information content (AvgIpc) is 3.25. The highest BCUT2D eigenvalue weighted by Gasteiger charge is 2.24. The van der Waals surface area contributed by atoms with Crippen LogP contribution in [0.25, 0.3) is 0 Å². The van der Waals surface area contributed by atoms with Crippen molar-refractivity contribution in [1.29, 1.82) is 0 Å². The predicted molar refractivity (Wildman–Crippen MR) is 153 cm³/mol. The molecule has 1 atom stereocenters. The summed E-state index contributed by atoms with van der Waals surface area (Å²) in [6, 6.07) is 10.4. The van der Waals surface area contributed by atoms with Crippen LogP contribution in [0.15, 0.2) is 30.3 Å². The zero-order valence-corrected chi connectivity index (χ0v) is 24.1. The van der Waals surface area contributed by atoms with Crippen LogP contribution in [0.4, 0.5) is 5.82 Å². The maximum Gasteiger partial charge on any atom is 0.303 e. The molecule has 210 valence electrons. The molecular formula is C31H42N4O4. The number of benzene rings is 1. The molecule has 0 saturated carbocycles. The fraction of sp³-hybridized carbons (Fsp3) is 0.516. The number of methoxy groups -OCH3 is 1. The molecule has 1 unspecified atom stereocenters. The number of nitrogens with one attached hydrogen (secondary N) is 1. The van der Waals surface area contributed by atoms with Gasteiger partial charge in [-0.2, -0.15) is 5.10 Å². The van der Waals surface area contributed by atoms with E-state index in [0.717, 1.165) is 59.0 Å². The number of hydrogen-bond acceptors (Lipinski definition) is 6. The molecule has 3 aromatic rings. The van der Waals surface area contributed by atoms with E-state index >= 15 is 0 Å². The van der Waals surface area contributed by atoms with Crippen LogP contribution in [0.5, 0.6) is 11.6 Å². The average molecular weight is 535 g/mol. The molecule has 3 heterocycles. The number of nitrogens with zero attached hydrogens (tertiary/aromatic N) is 3. The first-order valence-electron chi connectivity index (χ1n) is 14.0. The number of fused-ring (bicyclic) bond motifs is 1. The van der Waals surface area contributed by atoms with E-state index in [1.807, 2.05) is 13.1 Å². The maximum atomic E-state index is 11.9. The fourth-order valence-corrected chi connectivity index (χ4v) is 5.31. The van der Waals surface area contributed by atoms with Gasteiger partial charge in [0.05, 0.1) is 25.8 Å². The van der Waals surface area contributed by atoms with Crippen LogP contribution >= 0.6 is 0 Å². The van der Waals surface area contributed by atoms with Crippen LogP contribution in [0.2, 0.25) is 0 Å². The highest BCUT2D eigenvalue weighted by molar-refractivity contribution is 5.68. The zero-order chi connectivity index (χ0) is 28.1. The number of carboxylic acid groups (broad SMARTS) is 1. The summed E-state index contributed by atoms with van der Waals surface area (Å²) in [5.41, 5.74) is 6.29. The molecule has 0 spiro atoms. The molecule has 39 heavy (non-hydrogen) atoms. The summed E-state index contributed by atoms with van der Waals surface area (Å²) in [5, 5.41) is 17.8. The standard InChI is InChI=1S/C31H42N4O4/c1-19(2)26-15-23(16-27(20(3)4)30(26)38-6)22(17-29(36)37)14-25-18-28(35(5)34-25)39-13-11-24-10-9-21-8-7-12-32-31(21)33-24/h9-10,15-16,18-20,22H,7-8,11-14,17H2,1-6H3,(H,32,33)(H,36,37). The van der Waals surface area contributed by atoms with Gasteiger partial charge in [0.1, 0.15) is 11.6 Å². The quantitative estimate of drug-likeness (QED) is 0.301. The number of pyridine rings is 1. The van der Waals surface area contributed by atoms with Crippen molar-refractivity contribution in [1.82, 2.24) is 14.8 Å². The lowest BCUT2D eigenvalue weighted by Crippen LogP contribution is -2.14. The monoisotopic (exact) mass is 534 g/mol. The van der Waals surface area contributed by atoms with E-state index in [4.69, 9.17) is 14.5 Å². The second kappa shape index (κ2) is 12.5. The minimum Gasteiger partial charge on any atom is -0.496 e. The third-order valence-corrected chi connectivity index (χ3v) is 7.41. The molecule has 0 saturated heterocycles. The van der Waals surface area contributed by atoms with E-state index in [0.29, 0.717) is 25.3 Å². The molecule has 0 radical (unpaired) electrons. The fourth-order valence-electron chi connectivity index (χ4n) is 5.31. The third-order valence-electron chi connectivity index (χ3n) is 7.41. The summed E-state index contributed by atoms with van der Waals surface area (Å²) in [4.78, 5) is 16.6.